The van der Waals surface area contributed by atoms with Gasteiger partial charge in [-0.1, -0.05) is 12.1 Å². The van der Waals surface area contributed by atoms with E-state index in [-0.39, 0.29) is 12.7 Å². The fourth-order valence-corrected chi connectivity index (χ4v) is 3.78. The number of benzene rings is 2. The number of carbonyl (C=O) groups excluding carboxylic acids is 1. The third kappa shape index (κ3) is 3.84. The molecule has 0 radical (unpaired) electrons. The first-order chi connectivity index (χ1) is 15.2. The number of anilines is 1. The summed E-state index contributed by atoms with van der Waals surface area (Å²) in [4.78, 5) is 16.9. The van der Waals surface area contributed by atoms with E-state index in [9.17, 15) is 4.79 Å². The summed E-state index contributed by atoms with van der Waals surface area (Å²) in [5.74, 6) is 2.89. The monoisotopic (exact) mass is 418 g/mol. The van der Waals surface area contributed by atoms with Gasteiger partial charge in [-0.05, 0) is 42.5 Å². The van der Waals surface area contributed by atoms with Crippen LogP contribution in [0, 0.1) is 0 Å². The lowest BCUT2D eigenvalue weighted by atomic mass is 10.1. The number of aromatic nitrogens is 2. The van der Waals surface area contributed by atoms with Crippen molar-refractivity contribution in [2.24, 2.45) is 0 Å². The highest BCUT2D eigenvalue weighted by molar-refractivity contribution is 5.95. The second kappa shape index (κ2) is 8.14. The molecule has 0 aliphatic carbocycles. The van der Waals surface area contributed by atoms with Gasteiger partial charge >= 0.3 is 0 Å². The van der Waals surface area contributed by atoms with Gasteiger partial charge in [0.2, 0.25) is 6.79 Å². The van der Waals surface area contributed by atoms with Gasteiger partial charge in [-0.15, -0.1) is 10.2 Å². The first-order valence-corrected chi connectivity index (χ1v) is 10.1. The molecule has 1 amide bonds. The van der Waals surface area contributed by atoms with Gasteiger partial charge in [0.25, 0.3) is 5.91 Å². The van der Waals surface area contributed by atoms with Crippen molar-refractivity contribution in [3.05, 3.63) is 60.2 Å². The van der Waals surface area contributed by atoms with E-state index in [1.165, 1.54) is 0 Å². The van der Waals surface area contributed by atoms with E-state index in [1.54, 1.807) is 25.3 Å². The number of carbonyl (C=O) groups is 1. The van der Waals surface area contributed by atoms with Crippen molar-refractivity contribution in [2.75, 3.05) is 45.0 Å². The van der Waals surface area contributed by atoms with Crippen LogP contribution in [0.4, 0.5) is 5.82 Å². The van der Waals surface area contributed by atoms with E-state index in [0.717, 1.165) is 22.8 Å². The third-order valence-corrected chi connectivity index (χ3v) is 5.53. The third-order valence-electron chi connectivity index (χ3n) is 5.53. The lowest BCUT2D eigenvalue weighted by Gasteiger charge is -2.35. The zero-order valence-electron chi connectivity index (χ0n) is 17.2. The van der Waals surface area contributed by atoms with Crippen molar-refractivity contribution in [2.45, 2.75) is 0 Å². The predicted molar refractivity (Wildman–Crippen MR) is 115 cm³/mol. The molecule has 0 saturated carbocycles. The van der Waals surface area contributed by atoms with Crippen LogP contribution in [0.3, 0.4) is 0 Å². The molecule has 2 aliphatic heterocycles. The summed E-state index contributed by atoms with van der Waals surface area (Å²) in [6, 6.07) is 17.0. The van der Waals surface area contributed by atoms with E-state index in [4.69, 9.17) is 14.2 Å². The number of hydrogen-bond donors (Lipinski definition) is 0. The van der Waals surface area contributed by atoms with Gasteiger partial charge in [0.1, 0.15) is 5.75 Å². The molecule has 5 rings (SSSR count). The Labute approximate surface area is 180 Å². The Hall–Kier alpha value is -3.81. The molecule has 0 unspecified atom stereocenters. The summed E-state index contributed by atoms with van der Waals surface area (Å²) in [6.07, 6.45) is 0. The van der Waals surface area contributed by atoms with Crippen LogP contribution < -0.4 is 19.1 Å². The van der Waals surface area contributed by atoms with Gasteiger partial charge in [0.05, 0.1) is 12.8 Å². The molecule has 0 N–H and O–H groups in total. The van der Waals surface area contributed by atoms with Gasteiger partial charge in [0, 0.05) is 37.3 Å². The van der Waals surface area contributed by atoms with Gasteiger partial charge in [-0.25, -0.2) is 0 Å². The quantitative estimate of drug-likeness (QED) is 0.645. The van der Waals surface area contributed by atoms with Crippen LogP contribution in [-0.2, 0) is 0 Å². The number of rotatable bonds is 4. The zero-order chi connectivity index (χ0) is 21.2. The highest BCUT2D eigenvalue weighted by Crippen LogP contribution is 2.33. The molecule has 2 aliphatic rings. The van der Waals surface area contributed by atoms with Crippen LogP contribution in [0.2, 0.25) is 0 Å². The van der Waals surface area contributed by atoms with E-state index in [2.05, 4.69) is 15.1 Å². The molecule has 0 spiro atoms. The Morgan fingerprint density at radius 2 is 1.77 bits per heavy atom. The van der Waals surface area contributed by atoms with Crippen molar-refractivity contribution in [3.8, 4) is 28.5 Å². The SMILES string of the molecule is COc1cccc(-c2ccc(N3CCN(C(=O)c4ccc5c(c4)OCO5)CC3)nn2)c1. The minimum Gasteiger partial charge on any atom is -0.497 e. The summed E-state index contributed by atoms with van der Waals surface area (Å²) in [6.45, 7) is 2.83. The standard InChI is InChI=1S/C23H22N4O4/c1-29-18-4-2-3-16(13-18)19-6-8-22(25-24-19)26-9-11-27(12-10-26)23(28)17-5-7-20-21(14-17)31-15-30-20/h2-8,13-14H,9-12,15H2,1H3. The minimum absolute atomic E-state index is 0.00240. The average molecular weight is 418 g/mol. The molecule has 1 fully saturated rings. The highest BCUT2D eigenvalue weighted by atomic mass is 16.7. The number of amides is 1. The molecule has 8 nitrogen and oxygen atoms in total. The topological polar surface area (TPSA) is 77.0 Å². The van der Waals surface area contributed by atoms with Gasteiger partial charge < -0.3 is 24.0 Å². The summed E-state index contributed by atoms with van der Waals surface area (Å²) < 4.78 is 16.0. The number of ether oxygens (including phenoxy) is 3. The van der Waals surface area contributed by atoms with Crippen LogP contribution in [-0.4, -0.2) is 61.1 Å². The van der Waals surface area contributed by atoms with Crippen molar-refractivity contribution in [1.29, 1.82) is 0 Å². The fourth-order valence-electron chi connectivity index (χ4n) is 3.78. The summed E-state index contributed by atoms with van der Waals surface area (Å²) in [5, 5.41) is 8.78. The molecule has 31 heavy (non-hydrogen) atoms. The Balaban J connectivity index is 1.22. The number of methoxy groups -OCH3 is 1. The zero-order valence-corrected chi connectivity index (χ0v) is 17.2. The molecule has 158 valence electrons. The average Bonchev–Trinajstić information content (AvgIpc) is 3.32. The van der Waals surface area contributed by atoms with Gasteiger partial charge in [0.15, 0.2) is 17.3 Å². The predicted octanol–water partition coefficient (Wildman–Crippen LogP) is 2.84. The minimum atomic E-state index is -0.00240. The molecule has 0 atom stereocenters. The summed E-state index contributed by atoms with van der Waals surface area (Å²) in [5.41, 5.74) is 2.36. The Morgan fingerprint density at radius 3 is 2.55 bits per heavy atom. The second-order valence-corrected chi connectivity index (χ2v) is 7.36. The molecule has 1 aromatic heterocycles. The summed E-state index contributed by atoms with van der Waals surface area (Å²) >= 11 is 0. The molecule has 0 bridgehead atoms. The fraction of sp³-hybridized carbons (Fsp3) is 0.261. The second-order valence-electron chi connectivity index (χ2n) is 7.36. The lowest BCUT2D eigenvalue weighted by molar-refractivity contribution is 0.0746. The number of piperazine rings is 1. The summed E-state index contributed by atoms with van der Waals surface area (Å²) in [7, 11) is 1.64. The first kappa shape index (κ1) is 19.2. The normalized spacial score (nSPS) is 15.1. The number of nitrogens with zero attached hydrogens (tertiary/aromatic N) is 4. The van der Waals surface area contributed by atoms with Crippen LogP contribution in [0.15, 0.2) is 54.6 Å². The lowest BCUT2D eigenvalue weighted by Crippen LogP contribution is -2.49. The first-order valence-electron chi connectivity index (χ1n) is 10.1. The number of fused-ring (bicyclic) bond motifs is 1. The van der Waals surface area contributed by atoms with E-state index in [0.29, 0.717) is 43.2 Å². The molecule has 8 heteroatoms. The van der Waals surface area contributed by atoms with E-state index < -0.39 is 0 Å². The maximum absolute atomic E-state index is 12.9. The molecule has 1 saturated heterocycles. The highest BCUT2D eigenvalue weighted by Gasteiger charge is 2.25. The molecule has 3 heterocycles. The molecular weight excluding hydrogens is 396 g/mol. The maximum atomic E-state index is 12.9. The van der Waals surface area contributed by atoms with Crippen LogP contribution >= 0.6 is 0 Å². The smallest absolute Gasteiger partial charge is 0.254 e. The van der Waals surface area contributed by atoms with Gasteiger partial charge in [-0.3, -0.25) is 4.79 Å². The largest absolute Gasteiger partial charge is 0.497 e. The maximum Gasteiger partial charge on any atom is 0.254 e. The molecule has 3 aromatic rings. The van der Waals surface area contributed by atoms with Crippen LogP contribution in [0.5, 0.6) is 17.2 Å². The Morgan fingerprint density at radius 1 is 0.935 bits per heavy atom. The van der Waals surface area contributed by atoms with Gasteiger partial charge in [-0.2, -0.15) is 0 Å². The van der Waals surface area contributed by atoms with Crippen LogP contribution in [0.1, 0.15) is 10.4 Å². The van der Waals surface area contributed by atoms with Crippen molar-refractivity contribution >= 4 is 11.7 Å². The van der Waals surface area contributed by atoms with Crippen LogP contribution in [0.25, 0.3) is 11.3 Å². The molecule has 2 aromatic carbocycles. The number of hydrogen-bond acceptors (Lipinski definition) is 7. The Bertz CT molecular complexity index is 1090. The Kier molecular flexibility index (Phi) is 5.03. The van der Waals surface area contributed by atoms with E-state index >= 15 is 0 Å². The molecular formula is C23H22N4O4. The van der Waals surface area contributed by atoms with Crippen molar-refractivity contribution in [3.63, 3.8) is 0 Å². The van der Waals surface area contributed by atoms with E-state index in [1.807, 2.05) is 41.3 Å². The van der Waals surface area contributed by atoms with Crippen molar-refractivity contribution < 1.29 is 19.0 Å². The van der Waals surface area contributed by atoms with Crippen molar-refractivity contribution in [1.82, 2.24) is 15.1 Å².